The lowest BCUT2D eigenvalue weighted by atomic mass is 9.96. The quantitative estimate of drug-likeness (QED) is 0.874. The van der Waals surface area contributed by atoms with Gasteiger partial charge in [0.2, 0.25) is 0 Å². The van der Waals surface area contributed by atoms with Crippen LogP contribution in [-0.4, -0.2) is 39.7 Å². The van der Waals surface area contributed by atoms with E-state index in [1.54, 1.807) is 0 Å². The van der Waals surface area contributed by atoms with E-state index in [0.29, 0.717) is 5.92 Å². The number of nitrogens with zero attached hydrogens (tertiary/aromatic N) is 3. The van der Waals surface area contributed by atoms with Gasteiger partial charge in [0, 0.05) is 26.1 Å². The van der Waals surface area contributed by atoms with Crippen molar-refractivity contribution in [1.82, 2.24) is 14.8 Å². The summed E-state index contributed by atoms with van der Waals surface area (Å²) in [6, 6.07) is 0.143. The second-order valence-corrected chi connectivity index (χ2v) is 5.38. The van der Waals surface area contributed by atoms with Crippen molar-refractivity contribution in [3.05, 3.63) is 11.6 Å². The summed E-state index contributed by atoms with van der Waals surface area (Å²) in [5, 5.41) is 14.0. The Balaban J connectivity index is 1.71. The summed E-state index contributed by atoms with van der Waals surface area (Å²) in [6.45, 7) is 1.92. The molecule has 18 heavy (non-hydrogen) atoms. The molecule has 1 aromatic rings. The van der Waals surface area contributed by atoms with Crippen molar-refractivity contribution in [3.63, 3.8) is 0 Å². The fourth-order valence-corrected chi connectivity index (χ4v) is 2.95. The average Bonchev–Trinajstić information content (AvgIpc) is 2.82. The van der Waals surface area contributed by atoms with Crippen LogP contribution in [0, 0.1) is 5.92 Å². The first-order valence-corrected chi connectivity index (χ1v) is 6.99. The van der Waals surface area contributed by atoms with Crippen LogP contribution >= 0.6 is 0 Å². The topological polar surface area (TPSA) is 60.2 Å². The van der Waals surface area contributed by atoms with Crippen LogP contribution in [0.1, 0.15) is 43.4 Å². The van der Waals surface area contributed by atoms with Gasteiger partial charge >= 0.3 is 0 Å². The van der Waals surface area contributed by atoms with Gasteiger partial charge in [-0.2, -0.15) is 5.10 Å². The minimum absolute atomic E-state index is 0.143. The molecular formula is C13H21N3O2. The lowest BCUT2D eigenvalue weighted by Gasteiger charge is -2.21. The molecule has 0 bridgehead atoms. The number of aromatic nitrogens is 3. The maximum atomic E-state index is 9.36. The summed E-state index contributed by atoms with van der Waals surface area (Å²) in [4.78, 5) is 4.64. The molecule has 0 aliphatic carbocycles. The SMILES string of the molecule is OCC1CCCc2nc(CC3CCOCC3)nn21. The van der Waals surface area contributed by atoms with E-state index in [4.69, 9.17) is 4.74 Å². The number of fused-ring (bicyclic) bond motifs is 1. The first-order chi connectivity index (χ1) is 8.86. The molecule has 0 radical (unpaired) electrons. The smallest absolute Gasteiger partial charge is 0.151 e. The Morgan fingerprint density at radius 1 is 1.28 bits per heavy atom. The van der Waals surface area contributed by atoms with Crippen LogP contribution in [0.3, 0.4) is 0 Å². The maximum Gasteiger partial charge on any atom is 0.151 e. The van der Waals surface area contributed by atoms with E-state index in [-0.39, 0.29) is 12.6 Å². The molecule has 1 aromatic heterocycles. The fourth-order valence-electron chi connectivity index (χ4n) is 2.95. The van der Waals surface area contributed by atoms with E-state index in [2.05, 4.69) is 10.1 Å². The number of hydrogen-bond acceptors (Lipinski definition) is 4. The molecular weight excluding hydrogens is 230 g/mol. The summed E-state index contributed by atoms with van der Waals surface area (Å²) in [6.07, 6.45) is 6.32. The second kappa shape index (κ2) is 5.36. The van der Waals surface area contributed by atoms with Gasteiger partial charge in [0.1, 0.15) is 5.82 Å². The van der Waals surface area contributed by atoms with Crippen molar-refractivity contribution in [2.24, 2.45) is 5.92 Å². The zero-order chi connectivity index (χ0) is 12.4. The molecule has 1 saturated heterocycles. The highest BCUT2D eigenvalue weighted by molar-refractivity contribution is 4.99. The number of rotatable bonds is 3. The summed E-state index contributed by atoms with van der Waals surface area (Å²) >= 11 is 0. The summed E-state index contributed by atoms with van der Waals surface area (Å²) in [5.74, 6) is 2.68. The van der Waals surface area contributed by atoms with Crippen LogP contribution in [0.4, 0.5) is 0 Å². The Kier molecular flexibility index (Phi) is 3.61. The monoisotopic (exact) mass is 251 g/mol. The molecule has 1 fully saturated rings. The maximum absolute atomic E-state index is 9.36. The Morgan fingerprint density at radius 2 is 2.11 bits per heavy atom. The zero-order valence-electron chi connectivity index (χ0n) is 10.7. The average molecular weight is 251 g/mol. The number of aryl methyl sites for hydroxylation is 1. The Hall–Kier alpha value is -0.940. The third-order valence-electron chi connectivity index (χ3n) is 4.05. The van der Waals surface area contributed by atoms with E-state index in [1.165, 1.54) is 0 Å². The molecule has 0 amide bonds. The molecule has 0 aromatic carbocycles. The van der Waals surface area contributed by atoms with Gasteiger partial charge in [0.25, 0.3) is 0 Å². The minimum atomic E-state index is 0.143. The molecule has 0 spiro atoms. The normalized spacial score (nSPS) is 25.1. The van der Waals surface area contributed by atoms with Crippen molar-refractivity contribution in [2.45, 2.75) is 44.6 Å². The van der Waals surface area contributed by atoms with Gasteiger partial charge in [-0.1, -0.05) is 0 Å². The molecule has 2 aliphatic heterocycles. The van der Waals surface area contributed by atoms with Crippen molar-refractivity contribution in [2.75, 3.05) is 19.8 Å². The predicted molar refractivity (Wildman–Crippen MR) is 66.3 cm³/mol. The molecule has 5 nitrogen and oxygen atoms in total. The van der Waals surface area contributed by atoms with Crippen LogP contribution in [0.15, 0.2) is 0 Å². The van der Waals surface area contributed by atoms with E-state index < -0.39 is 0 Å². The van der Waals surface area contributed by atoms with Gasteiger partial charge in [-0.05, 0) is 31.6 Å². The third kappa shape index (κ3) is 2.42. The van der Waals surface area contributed by atoms with E-state index >= 15 is 0 Å². The van der Waals surface area contributed by atoms with Gasteiger partial charge in [-0.25, -0.2) is 9.67 Å². The molecule has 1 N–H and O–H groups in total. The summed E-state index contributed by atoms with van der Waals surface area (Å²) < 4.78 is 7.33. The first kappa shape index (κ1) is 12.1. The molecule has 100 valence electrons. The Morgan fingerprint density at radius 3 is 2.89 bits per heavy atom. The molecule has 2 aliphatic rings. The standard InChI is InChI=1S/C13H21N3O2/c17-9-11-2-1-3-13-14-12(15-16(11)13)8-10-4-6-18-7-5-10/h10-11,17H,1-9H2. The van der Waals surface area contributed by atoms with Crippen molar-refractivity contribution < 1.29 is 9.84 Å². The van der Waals surface area contributed by atoms with Crippen LogP contribution < -0.4 is 0 Å². The number of hydrogen-bond donors (Lipinski definition) is 1. The zero-order valence-corrected chi connectivity index (χ0v) is 10.7. The highest BCUT2D eigenvalue weighted by Crippen LogP contribution is 2.24. The number of aliphatic hydroxyl groups excluding tert-OH is 1. The Labute approximate surface area is 107 Å². The lowest BCUT2D eigenvalue weighted by Crippen LogP contribution is -2.22. The van der Waals surface area contributed by atoms with Crippen molar-refractivity contribution in [1.29, 1.82) is 0 Å². The first-order valence-electron chi connectivity index (χ1n) is 6.99. The van der Waals surface area contributed by atoms with Crippen molar-refractivity contribution >= 4 is 0 Å². The van der Waals surface area contributed by atoms with Gasteiger partial charge in [0.15, 0.2) is 5.82 Å². The van der Waals surface area contributed by atoms with Crippen LogP contribution in [0.2, 0.25) is 0 Å². The highest BCUT2D eigenvalue weighted by atomic mass is 16.5. The number of aliphatic hydroxyl groups is 1. The molecule has 0 saturated carbocycles. The van der Waals surface area contributed by atoms with Gasteiger partial charge in [-0.15, -0.1) is 0 Å². The molecule has 5 heteroatoms. The van der Waals surface area contributed by atoms with E-state index in [0.717, 1.165) is 63.4 Å². The van der Waals surface area contributed by atoms with E-state index in [9.17, 15) is 5.11 Å². The molecule has 1 unspecified atom stereocenters. The second-order valence-electron chi connectivity index (χ2n) is 5.38. The van der Waals surface area contributed by atoms with Crippen LogP contribution in [0.25, 0.3) is 0 Å². The Bertz CT molecular complexity index is 399. The largest absolute Gasteiger partial charge is 0.394 e. The van der Waals surface area contributed by atoms with Gasteiger partial charge < -0.3 is 9.84 Å². The highest BCUT2D eigenvalue weighted by Gasteiger charge is 2.24. The molecule has 1 atom stereocenters. The lowest BCUT2D eigenvalue weighted by molar-refractivity contribution is 0.0659. The molecule has 3 rings (SSSR count). The van der Waals surface area contributed by atoms with Crippen LogP contribution in [-0.2, 0) is 17.6 Å². The van der Waals surface area contributed by atoms with Gasteiger partial charge in [0.05, 0.1) is 12.6 Å². The van der Waals surface area contributed by atoms with Crippen LogP contribution in [0.5, 0.6) is 0 Å². The summed E-state index contributed by atoms with van der Waals surface area (Å²) in [7, 11) is 0. The fraction of sp³-hybridized carbons (Fsp3) is 0.846. The van der Waals surface area contributed by atoms with Gasteiger partial charge in [-0.3, -0.25) is 0 Å². The third-order valence-corrected chi connectivity index (χ3v) is 4.05. The molecule has 3 heterocycles. The summed E-state index contributed by atoms with van der Waals surface area (Å²) in [5.41, 5.74) is 0. The predicted octanol–water partition coefficient (Wildman–Crippen LogP) is 1.12. The number of ether oxygens (including phenoxy) is 1. The van der Waals surface area contributed by atoms with Crippen molar-refractivity contribution in [3.8, 4) is 0 Å². The minimum Gasteiger partial charge on any atom is -0.394 e. The van der Waals surface area contributed by atoms with E-state index in [1.807, 2.05) is 4.68 Å².